The molecule has 3 unspecified atom stereocenters. The van der Waals surface area contributed by atoms with Gasteiger partial charge in [-0.2, -0.15) is 4.90 Å². The van der Waals surface area contributed by atoms with E-state index in [4.69, 9.17) is 12.6 Å². The Balaban J connectivity index is 1.70. The highest BCUT2D eigenvalue weighted by atomic mass is 32.1. The Kier molecular flexibility index (Phi) is 7.98. The summed E-state index contributed by atoms with van der Waals surface area (Å²) in [7, 11) is 1.85. The first-order chi connectivity index (χ1) is 16.1. The summed E-state index contributed by atoms with van der Waals surface area (Å²) in [5, 5.41) is 26.9. The van der Waals surface area contributed by atoms with Crippen molar-refractivity contribution in [3.8, 4) is 0 Å². The number of hydrogen-bond acceptors (Lipinski definition) is 6. The van der Waals surface area contributed by atoms with Gasteiger partial charge >= 0.3 is 11.8 Å². The van der Waals surface area contributed by atoms with Crippen LogP contribution in [0.2, 0.25) is 0 Å². The average Bonchev–Trinajstić information content (AvgIpc) is 3.03. The summed E-state index contributed by atoms with van der Waals surface area (Å²) in [5.74, 6) is -1.31. The molecule has 0 spiro atoms. The molecule has 1 aliphatic rings. The van der Waals surface area contributed by atoms with Crippen molar-refractivity contribution in [2.24, 2.45) is 5.10 Å². The number of amidine groups is 2. The number of aliphatic carboxylic acids is 1. The molecular weight excluding hydrogens is 454 g/mol. The quantitative estimate of drug-likeness (QED) is 0.314. The highest BCUT2D eigenvalue weighted by Gasteiger charge is 2.31. The minimum atomic E-state index is -1.08. The van der Waals surface area contributed by atoms with Crippen LogP contribution in [0.5, 0.6) is 0 Å². The van der Waals surface area contributed by atoms with Gasteiger partial charge in [0.05, 0.1) is 19.6 Å². The van der Waals surface area contributed by atoms with Crippen molar-refractivity contribution in [3.05, 3.63) is 54.1 Å². The molecule has 2 aromatic rings. The number of aliphatic hydroxyl groups excluding tert-OH is 1. The lowest BCUT2D eigenvalue weighted by Gasteiger charge is -2.24. The van der Waals surface area contributed by atoms with Gasteiger partial charge in [0.25, 0.3) is 0 Å². The number of aliphatic hydroxyl groups is 1. The fraction of sp³-hybridized carbons (Fsp3) is 0.333. The molecule has 2 aromatic carbocycles. The monoisotopic (exact) mass is 484 g/mol. The summed E-state index contributed by atoms with van der Waals surface area (Å²) in [4.78, 5) is 27.0. The molecule has 34 heavy (non-hydrogen) atoms. The van der Waals surface area contributed by atoms with Gasteiger partial charge in [-0.15, -0.1) is 0 Å². The average molecular weight is 485 g/mol. The number of carbonyl (C=O) groups is 2. The van der Waals surface area contributed by atoms with Gasteiger partial charge in [0.2, 0.25) is 5.91 Å². The van der Waals surface area contributed by atoms with Gasteiger partial charge in [0.15, 0.2) is 12.2 Å². The molecule has 0 fully saturated rings. The first kappa shape index (κ1) is 25.3. The Morgan fingerprint density at radius 2 is 1.91 bits per heavy atom. The van der Waals surface area contributed by atoms with E-state index in [9.17, 15) is 19.8 Å². The molecule has 0 bridgehead atoms. The minimum Gasteiger partial charge on any atom is -0.693 e. The van der Waals surface area contributed by atoms with Gasteiger partial charge in [0, 0.05) is 35.2 Å². The summed E-state index contributed by atoms with van der Waals surface area (Å²) in [6, 6.07) is 14.4. The second-order valence-corrected chi connectivity index (χ2v) is 8.57. The minimum absolute atomic E-state index is 0.122. The van der Waals surface area contributed by atoms with E-state index in [1.807, 2.05) is 50.1 Å². The molecule has 1 heterocycles. The smallest absolute Gasteiger partial charge is 0.373 e. The zero-order valence-electron chi connectivity index (χ0n) is 19.6. The maximum absolute atomic E-state index is 12.8. The van der Waals surface area contributed by atoms with E-state index in [-0.39, 0.29) is 12.5 Å². The highest BCUT2D eigenvalue weighted by Crippen LogP contribution is 2.24. The largest absolute Gasteiger partial charge is 0.693 e. The van der Waals surface area contributed by atoms with Crippen molar-refractivity contribution >= 4 is 52.6 Å². The van der Waals surface area contributed by atoms with E-state index in [2.05, 4.69) is 10.4 Å². The standard InChI is InChI=1S/C24H29N5O4S/c1-5-28(19-11-9-17(10-12-19)22(15(2)30)23(32)33)14-21(31)25-18-7-6-8-20(13-18)29-16(3)27(4)26-24(29)34/h6-13,15,22,30H,5,14H2,1-4H3,(H2-,25,26,31,32,33,34)/p+1. The SMILES string of the molecule is CCN(CC(=O)Nc1cccc([NH+]2C([S-])=N[N+](C)=C2C)c1)c1ccc(C(C(=O)O)C(C)O)cc1. The van der Waals surface area contributed by atoms with Gasteiger partial charge < -0.3 is 33.1 Å². The second kappa shape index (κ2) is 10.7. The van der Waals surface area contributed by atoms with Crippen LogP contribution in [0.3, 0.4) is 0 Å². The van der Waals surface area contributed by atoms with E-state index in [0.29, 0.717) is 23.0 Å². The fourth-order valence-electron chi connectivity index (χ4n) is 3.94. The van der Waals surface area contributed by atoms with Crippen LogP contribution in [0.25, 0.3) is 0 Å². The summed E-state index contributed by atoms with van der Waals surface area (Å²) in [6.07, 6.45) is -1.01. The topological polar surface area (TPSA) is 110 Å². The zero-order valence-corrected chi connectivity index (χ0v) is 20.5. The number of nitrogens with one attached hydrogen (secondary N) is 2. The number of benzene rings is 2. The van der Waals surface area contributed by atoms with Gasteiger partial charge in [-0.1, -0.05) is 18.2 Å². The molecule has 3 rings (SSSR count). The lowest BCUT2D eigenvalue weighted by atomic mass is 9.94. The number of anilines is 2. The first-order valence-corrected chi connectivity index (χ1v) is 11.4. The van der Waals surface area contributed by atoms with Crippen LogP contribution >= 0.6 is 0 Å². The Morgan fingerprint density at radius 3 is 2.44 bits per heavy atom. The molecule has 180 valence electrons. The summed E-state index contributed by atoms with van der Waals surface area (Å²) >= 11 is 5.38. The van der Waals surface area contributed by atoms with E-state index in [1.54, 1.807) is 28.9 Å². The molecular formula is C24H30N5O4S+. The van der Waals surface area contributed by atoms with Crippen molar-refractivity contribution in [1.29, 1.82) is 0 Å². The highest BCUT2D eigenvalue weighted by molar-refractivity contribution is 7.76. The molecule has 0 aliphatic carbocycles. The number of hydrazone groups is 1. The molecule has 3 atom stereocenters. The number of carboxylic acids is 1. The van der Waals surface area contributed by atoms with Crippen molar-refractivity contribution in [1.82, 2.24) is 0 Å². The van der Waals surface area contributed by atoms with Gasteiger partial charge in [-0.05, 0) is 42.3 Å². The van der Waals surface area contributed by atoms with Crippen LogP contribution < -0.4 is 15.1 Å². The van der Waals surface area contributed by atoms with Crippen molar-refractivity contribution in [2.45, 2.75) is 32.8 Å². The number of rotatable bonds is 9. The van der Waals surface area contributed by atoms with E-state index >= 15 is 0 Å². The molecule has 1 aliphatic heterocycles. The Labute approximate surface area is 204 Å². The van der Waals surface area contributed by atoms with Crippen molar-refractivity contribution in [2.75, 3.05) is 30.4 Å². The van der Waals surface area contributed by atoms with Crippen LogP contribution in [-0.4, -0.2) is 64.0 Å². The lowest BCUT2D eigenvalue weighted by Crippen LogP contribution is -3.11. The summed E-state index contributed by atoms with van der Waals surface area (Å²) in [6.45, 7) is 6.05. The van der Waals surface area contributed by atoms with Crippen LogP contribution in [-0.2, 0) is 22.2 Å². The number of amides is 1. The Morgan fingerprint density at radius 1 is 1.24 bits per heavy atom. The van der Waals surface area contributed by atoms with E-state index < -0.39 is 18.0 Å². The summed E-state index contributed by atoms with van der Waals surface area (Å²) in [5.41, 5.74) is 2.84. The predicted octanol–water partition coefficient (Wildman–Crippen LogP) is 1.11. The third-order valence-electron chi connectivity index (χ3n) is 5.82. The molecule has 4 N–H and O–H groups in total. The molecule has 10 heteroatoms. The number of quaternary nitrogens is 1. The summed E-state index contributed by atoms with van der Waals surface area (Å²) < 4.78 is 1.74. The Bertz CT molecular complexity index is 1130. The van der Waals surface area contributed by atoms with Crippen LogP contribution in [0.1, 0.15) is 32.3 Å². The van der Waals surface area contributed by atoms with Crippen LogP contribution in [0.4, 0.5) is 17.1 Å². The number of carboxylic acid groups (broad SMARTS) is 1. The van der Waals surface area contributed by atoms with E-state index in [1.165, 1.54) is 6.92 Å². The molecule has 0 aromatic heterocycles. The molecule has 0 radical (unpaired) electrons. The van der Waals surface area contributed by atoms with Gasteiger partial charge in [-0.25, -0.2) is 0 Å². The first-order valence-electron chi connectivity index (χ1n) is 11.0. The van der Waals surface area contributed by atoms with Gasteiger partial charge in [-0.3, -0.25) is 9.59 Å². The predicted molar refractivity (Wildman–Crippen MR) is 134 cm³/mol. The molecule has 1 amide bonds. The number of nitrogens with zero attached hydrogens (tertiary/aromatic N) is 3. The number of likely N-dealkylation sites (N-methyl/N-ethyl adjacent to an activating group) is 1. The zero-order chi connectivity index (χ0) is 25.0. The number of carbonyl (C=O) groups excluding carboxylic acids is 1. The normalized spacial score (nSPS) is 17.2. The Hall–Kier alpha value is -3.34. The third kappa shape index (κ3) is 5.58. The molecule has 0 saturated heterocycles. The fourth-order valence-corrected chi connectivity index (χ4v) is 4.33. The van der Waals surface area contributed by atoms with Crippen LogP contribution in [0.15, 0.2) is 53.6 Å². The molecule has 9 nitrogen and oxygen atoms in total. The van der Waals surface area contributed by atoms with Gasteiger partial charge in [0.1, 0.15) is 11.6 Å². The van der Waals surface area contributed by atoms with Crippen molar-refractivity contribution < 1.29 is 29.4 Å². The maximum Gasteiger partial charge on any atom is 0.373 e. The lowest BCUT2D eigenvalue weighted by molar-refractivity contribution is -0.646. The number of hydrogen-bond donors (Lipinski definition) is 4. The molecule has 0 saturated carbocycles. The maximum atomic E-state index is 12.8. The van der Waals surface area contributed by atoms with Crippen molar-refractivity contribution in [3.63, 3.8) is 0 Å². The third-order valence-corrected chi connectivity index (χ3v) is 6.10. The van der Waals surface area contributed by atoms with Crippen LogP contribution in [0, 0.1) is 0 Å². The van der Waals surface area contributed by atoms with E-state index in [0.717, 1.165) is 22.1 Å². The second-order valence-electron chi connectivity index (χ2n) is 8.18.